The van der Waals surface area contributed by atoms with Gasteiger partial charge in [0.15, 0.2) is 0 Å². The lowest BCUT2D eigenvalue weighted by Crippen LogP contribution is -2.44. The van der Waals surface area contributed by atoms with Crippen molar-refractivity contribution in [2.75, 3.05) is 0 Å². The fourth-order valence-corrected chi connectivity index (χ4v) is 2.50. The molecule has 2 aromatic rings. The van der Waals surface area contributed by atoms with E-state index in [0.29, 0.717) is 0 Å². The number of imidazole rings is 1. The molecule has 2 rings (SSSR count). The van der Waals surface area contributed by atoms with E-state index in [1.165, 1.54) is 0 Å². The summed E-state index contributed by atoms with van der Waals surface area (Å²) >= 11 is 6.25. The smallest absolute Gasteiger partial charge is 0.243 e. The average Bonchev–Trinajstić information content (AvgIpc) is 2.75. The van der Waals surface area contributed by atoms with Gasteiger partial charge in [-0.2, -0.15) is 0 Å². The highest BCUT2D eigenvalue weighted by Crippen LogP contribution is 2.28. The predicted octanol–water partition coefficient (Wildman–Crippen LogP) is 3.81. The number of benzene rings is 1. The summed E-state index contributed by atoms with van der Waals surface area (Å²) in [6, 6.07) is 7.40. The molecule has 5 heteroatoms. The molecule has 0 saturated carbocycles. The van der Waals surface area contributed by atoms with Gasteiger partial charge in [-0.05, 0) is 46.8 Å². The van der Waals surface area contributed by atoms with Crippen molar-refractivity contribution in [3.8, 4) is 0 Å². The number of para-hydroxylation sites is 2. The fraction of sp³-hybridized carbons (Fsp3) is 0.500. The average molecular weight is 308 g/mol. The topological polar surface area (TPSA) is 46.9 Å². The van der Waals surface area contributed by atoms with Crippen LogP contribution in [0.25, 0.3) is 11.0 Å². The van der Waals surface area contributed by atoms with Crippen molar-refractivity contribution >= 4 is 28.5 Å². The van der Waals surface area contributed by atoms with Crippen LogP contribution in [-0.2, 0) is 4.79 Å². The van der Waals surface area contributed by atoms with Crippen molar-refractivity contribution in [1.29, 1.82) is 0 Å². The van der Waals surface area contributed by atoms with Crippen LogP contribution in [0.3, 0.4) is 0 Å². The highest BCUT2D eigenvalue weighted by molar-refractivity contribution is 6.20. The zero-order chi connectivity index (χ0) is 15.8. The van der Waals surface area contributed by atoms with Gasteiger partial charge in [0.2, 0.25) is 5.91 Å². The lowest BCUT2D eigenvalue weighted by Gasteiger charge is -2.25. The van der Waals surface area contributed by atoms with E-state index in [9.17, 15) is 4.79 Å². The molecular formula is C16H22ClN3O. The zero-order valence-electron chi connectivity index (χ0n) is 13.1. The second-order valence-corrected chi connectivity index (χ2v) is 7.01. The van der Waals surface area contributed by atoms with E-state index < -0.39 is 0 Å². The van der Waals surface area contributed by atoms with Crippen LogP contribution in [0.4, 0.5) is 0 Å². The van der Waals surface area contributed by atoms with Crippen LogP contribution < -0.4 is 5.32 Å². The number of nitrogens with zero attached hydrogens (tertiary/aromatic N) is 2. The van der Waals surface area contributed by atoms with Crippen molar-refractivity contribution in [2.24, 2.45) is 0 Å². The molecule has 0 saturated heterocycles. The summed E-state index contributed by atoms with van der Waals surface area (Å²) in [4.78, 5) is 17.0. The summed E-state index contributed by atoms with van der Waals surface area (Å²) in [7, 11) is 0. The molecule has 0 aliphatic heterocycles. The summed E-state index contributed by atoms with van der Waals surface area (Å²) in [5.74, 6) is 0.679. The Morgan fingerprint density at radius 1 is 1.29 bits per heavy atom. The first-order chi connectivity index (χ1) is 9.70. The molecule has 114 valence electrons. The molecule has 1 amide bonds. The molecule has 0 bridgehead atoms. The van der Waals surface area contributed by atoms with E-state index in [2.05, 4.69) is 10.3 Å². The Labute approximate surface area is 130 Å². The number of carbonyl (C=O) groups excluding carboxylic acids is 1. The Balaban J connectivity index is 2.49. The van der Waals surface area contributed by atoms with Crippen molar-refractivity contribution in [3.05, 3.63) is 30.1 Å². The quantitative estimate of drug-likeness (QED) is 0.876. The molecule has 0 spiro atoms. The Bertz CT molecular complexity index is 655. The van der Waals surface area contributed by atoms with Gasteiger partial charge in [-0.3, -0.25) is 4.79 Å². The van der Waals surface area contributed by atoms with E-state index in [-0.39, 0.29) is 22.9 Å². The highest BCUT2D eigenvalue weighted by atomic mass is 35.5. The largest absolute Gasteiger partial charge is 0.350 e. The Hall–Kier alpha value is -1.55. The molecule has 1 aromatic carbocycles. The Morgan fingerprint density at radius 3 is 2.48 bits per heavy atom. The van der Waals surface area contributed by atoms with Gasteiger partial charge in [0, 0.05) is 5.54 Å². The molecule has 0 radical (unpaired) electrons. The molecule has 1 N–H and O–H groups in total. The van der Waals surface area contributed by atoms with Gasteiger partial charge in [0.05, 0.1) is 16.4 Å². The first-order valence-electron chi connectivity index (χ1n) is 7.13. The summed E-state index contributed by atoms with van der Waals surface area (Å²) < 4.78 is 1.92. The molecule has 0 aliphatic rings. The normalized spacial score (nSPS) is 15.0. The van der Waals surface area contributed by atoms with Crippen LogP contribution in [0.5, 0.6) is 0 Å². The first-order valence-corrected chi connectivity index (χ1v) is 7.57. The van der Waals surface area contributed by atoms with Gasteiger partial charge in [-0.15, -0.1) is 11.6 Å². The maximum absolute atomic E-state index is 12.5. The number of hydrogen-bond acceptors (Lipinski definition) is 2. The molecule has 21 heavy (non-hydrogen) atoms. The maximum Gasteiger partial charge on any atom is 0.243 e. The number of amides is 1. The molecular weight excluding hydrogens is 286 g/mol. The summed E-state index contributed by atoms with van der Waals surface area (Å²) in [6.07, 6.45) is 0. The fourth-order valence-electron chi connectivity index (χ4n) is 2.34. The van der Waals surface area contributed by atoms with Crippen LogP contribution in [0.15, 0.2) is 24.3 Å². The molecule has 0 fully saturated rings. The zero-order valence-corrected chi connectivity index (χ0v) is 13.9. The predicted molar refractivity (Wildman–Crippen MR) is 86.6 cm³/mol. The Kier molecular flexibility index (Phi) is 4.28. The molecule has 2 unspecified atom stereocenters. The van der Waals surface area contributed by atoms with Crippen LogP contribution in [-0.4, -0.2) is 21.0 Å². The van der Waals surface area contributed by atoms with Crippen LogP contribution in [0, 0.1) is 0 Å². The van der Waals surface area contributed by atoms with E-state index in [1.54, 1.807) is 0 Å². The summed E-state index contributed by atoms with van der Waals surface area (Å²) in [5.41, 5.74) is 1.51. The van der Waals surface area contributed by atoms with E-state index in [4.69, 9.17) is 11.6 Å². The van der Waals surface area contributed by atoms with Gasteiger partial charge in [-0.25, -0.2) is 4.98 Å². The summed E-state index contributed by atoms with van der Waals surface area (Å²) in [5, 5.41) is 2.75. The van der Waals surface area contributed by atoms with Gasteiger partial charge < -0.3 is 9.88 Å². The molecule has 1 aromatic heterocycles. The first kappa shape index (κ1) is 15.8. The minimum atomic E-state index is -0.368. The SMILES string of the molecule is CC(Cl)c1nc2ccccc2n1C(C)C(=O)NC(C)(C)C. The lowest BCUT2D eigenvalue weighted by atomic mass is 10.1. The molecule has 1 heterocycles. The van der Waals surface area contributed by atoms with Crippen LogP contribution in [0.1, 0.15) is 51.9 Å². The maximum atomic E-state index is 12.5. The standard InChI is InChI=1S/C16H22ClN3O/c1-10(17)14-18-12-8-6-7-9-13(12)20(14)11(2)15(21)19-16(3,4)5/h6-11H,1-5H3,(H,19,21). The van der Waals surface area contributed by atoms with Gasteiger partial charge in [0.25, 0.3) is 0 Å². The van der Waals surface area contributed by atoms with Gasteiger partial charge >= 0.3 is 0 Å². The number of aromatic nitrogens is 2. The number of nitrogens with one attached hydrogen (secondary N) is 1. The van der Waals surface area contributed by atoms with E-state index in [0.717, 1.165) is 16.9 Å². The minimum absolute atomic E-state index is 0.0378. The van der Waals surface area contributed by atoms with Crippen molar-refractivity contribution < 1.29 is 4.79 Å². The van der Waals surface area contributed by atoms with E-state index >= 15 is 0 Å². The third kappa shape index (κ3) is 3.38. The van der Waals surface area contributed by atoms with Crippen molar-refractivity contribution in [1.82, 2.24) is 14.9 Å². The Morgan fingerprint density at radius 2 is 1.90 bits per heavy atom. The van der Waals surface area contributed by atoms with E-state index in [1.807, 2.05) is 63.5 Å². The molecule has 2 atom stereocenters. The second-order valence-electron chi connectivity index (χ2n) is 6.36. The number of halogens is 1. The highest BCUT2D eigenvalue weighted by Gasteiger charge is 2.25. The van der Waals surface area contributed by atoms with Gasteiger partial charge in [0.1, 0.15) is 11.9 Å². The number of fused-ring (bicyclic) bond motifs is 1. The summed E-state index contributed by atoms with van der Waals surface area (Å²) in [6.45, 7) is 9.64. The van der Waals surface area contributed by atoms with Crippen LogP contribution in [0.2, 0.25) is 0 Å². The number of alkyl halides is 1. The molecule has 4 nitrogen and oxygen atoms in total. The monoisotopic (exact) mass is 307 g/mol. The van der Waals surface area contributed by atoms with Crippen molar-refractivity contribution in [3.63, 3.8) is 0 Å². The van der Waals surface area contributed by atoms with Crippen molar-refractivity contribution in [2.45, 2.75) is 51.6 Å². The van der Waals surface area contributed by atoms with Crippen LogP contribution >= 0.6 is 11.6 Å². The minimum Gasteiger partial charge on any atom is -0.350 e. The molecule has 0 aliphatic carbocycles. The number of carbonyl (C=O) groups is 1. The third-order valence-electron chi connectivity index (χ3n) is 3.24. The third-order valence-corrected chi connectivity index (χ3v) is 3.44. The number of hydrogen-bond donors (Lipinski definition) is 1. The lowest BCUT2D eigenvalue weighted by molar-refractivity contribution is -0.125. The number of rotatable bonds is 3. The van der Waals surface area contributed by atoms with Gasteiger partial charge in [-0.1, -0.05) is 12.1 Å². The second kappa shape index (κ2) is 5.68.